The van der Waals surface area contributed by atoms with E-state index in [4.69, 9.17) is 4.74 Å². The standard InChI is InChI=1S/C13H17NO4S/c1-10-9-14(7-8-18-10)19(16,17)13-5-3-12(4-6-13)11(2)15/h3-6,10H,7-9H2,1-2H3. The van der Waals surface area contributed by atoms with Crippen molar-refractivity contribution in [3.05, 3.63) is 29.8 Å². The molecule has 1 aromatic rings. The molecule has 1 atom stereocenters. The van der Waals surface area contributed by atoms with Crippen LogP contribution in [-0.4, -0.2) is 44.3 Å². The first kappa shape index (κ1) is 14.2. The van der Waals surface area contributed by atoms with Crippen LogP contribution in [0, 0.1) is 0 Å². The molecule has 0 aliphatic carbocycles. The van der Waals surface area contributed by atoms with Crippen molar-refractivity contribution >= 4 is 15.8 Å². The Morgan fingerprint density at radius 2 is 1.95 bits per heavy atom. The van der Waals surface area contributed by atoms with Gasteiger partial charge in [0.1, 0.15) is 0 Å². The number of ether oxygens (including phenoxy) is 1. The Morgan fingerprint density at radius 3 is 2.47 bits per heavy atom. The summed E-state index contributed by atoms with van der Waals surface area (Å²) in [6.45, 7) is 4.43. The fourth-order valence-electron chi connectivity index (χ4n) is 2.02. The van der Waals surface area contributed by atoms with Gasteiger partial charge in [-0.15, -0.1) is 0 Å². The van der Waals surface area contributed by atoms with Crippen LogP contribution in [0.1, 0.15) is 24.2 Å². The van der Waals surface area contributed by atoms with Gasteiger partial charge in [-0.05, 0) is 26.0 Å². The topological polar surface area (TPSA) is 63.7 Å². The highest BCUT2D eigenvalue weighted by Crippen LogP contribution is 2.19. The maximum atomic E-state index is 12.4. The van der Waals surface area contributed by atoms with E-state index in [1.807, 2.05) is 6.92 Å². The Hall–Kier alpha value is -1.24. The SMILES string of the molecule is CC(=O)c1ccc(S(=O)(=O)N2CCOC(C)C2)cc1. The van der Waals surface area contributed by atoms with E-state index in [0.29, 0.717) is 25.3 Å². The zero-order valence-electron chi connectivity index (χ0n) is 11.0. The van der Waals surface area contributed by atoms with Gasteiger partial charge in [0.25, 0.3) is 0 Å². The van der Waals surface area contributed by atoms with E-state index in [1.165, 1.54) is 23.4 Å². The lowest BCUT2D eigenvalue weighted by molar-refractivity contribution is 0.0102. The minimum absolute atomic E-state index is 0.0797. The van der Waals surface area contributed by atoms with Crippen LogP contribution in [0.2, 0.25) is 0 Å². The largest absolute Gasteiger partial charge is 0.376 e. The predicted molar refractivity (Wildman–Crippen MR) is 70.6 cm³/mol. The fraction of sp³-hybridized carbons (Fsp3) is 0.462. The van der Waals surface area contributed by atoms with Gasteiger partial charge in [0.2, 0.25) is 10.0 Å². The number of nitrogens with zero attached hydrogens (tertiary/aromatic N) is 1. The summed E-state index contributed by atoms with van der Waals surface area (Å²) in [5.74, 6) is -0.0797. The summed E-state index contributed by atoms with van der Waals surface area (Å²) in [4.78, 5) is 11.4. The van der Waals surface area contributed by atoms with Crippen molar-refractivity contribution in [3.8, 4) is 0 Å². The van der Waals surface area contributed by atoms with Crippen molar-refractivity contribution < 1.29 is 17.9 Å². The number of carbonyl (C=O) groups is 1. The smallest absolute Gasteiger partial charge is 0.243 e. The molecule has 1 fully saturated rings. The second-order valence-electron chi connectivity index (χ2n) is 4.63. The number of carbonyl (C=O) groups excluding carboxylic acids is 1. The molecule has 6 heteroatoms. The summed E-state index contributed by atoms with van der Waals surface area (Å²) in [5.41, 5.74) is 0.509. The summed E-state index contributed by atoms with van der Waals surface area (Å²) < 4.78 is 31.6. The van der Waals surface area contributed by atoms with E-state index in [9.17, 15) is 13.2 Å². The molecular weight excluding hydrogens is 266 g/mol. The van der Waals surface area contributed by atoms with Crippen LogP contribution >= 0.6 is 0 Å². The Kier molecular flexibility index (Phi) is 4.03. The van der Waals surface area contributed by atoms with Gasteiger partial charge in [0.15, 0.2) is 5.78 Å². The second kappa shape index (κ2) is 5.40. The molecule has 0 radical (unpaired) electrons. The fourth-order valence-corrected chi connectivity index (χ4v) is 3.51. The zero-order chi connectivity index (χ0) is 14.0. The highest BCUT2D eigenvalue weighted by Gasteiger charge is 2.28. The molecule has 1 unspecified atom stereocenters. The third kappa shape index (κ3) is 3.02. The van der Waals surface area contributed by atoms with Crippen molar-refractivity contribution in [1.82, 2.24) is 4.31 Å². The molecule has 1 aromatic carbocycles. The number of sulfonamides is 1. The number of rotatable bonds is 3. The summed E-state index contributed by atoms with van der Waals surface area (Å²) in [6, 6.07) is 6.04. The van der Waals surface area contributed by atoms with Crippen molar-refractivity contribution in [2.24, 2.45) is 0 Å². The Balaban J connectivity index is 2.26. The maximum absolute atomic E-state index is 12.4. The molecule has 1 heterocycles. The van der Waals surface area contributed by atoms with Crippen LogP contribution in [0.25, 0.3) is 0 Å². The summed E-state index contributed by atoms with van der Waals surface area (Å²) in [6.07, 6.45) is -0.0972. The first-order valence-electron chi connectivity index (χ1n) is 6.14. The molecule has 2 rings (SSSR count). The normalized spacial score (nSPS) is 21.3. The predicted octanol–water partition coefficient (Wildman–Crippen LogP) is 1.30. The summed E-state index contributed by atoms with van der Waals surface area (Å²) in [5, 5.41) is 0. The lowest BCUT2D eigenvalue weighted by Crippen LogP contribution is -2.44. The lowest BCUT2D eigenvalue weighted by atomic mass is 10.2. The minimum Gasteiger partial charge on any atom is -0.376 e. The van der Waals surface area contributed by atoms with E-state index < -0.39 is 10.0 Å². The second-order valence-corrected chi connectivity index (χ2v) is 6.56. The molecule has 0 amide bonds. The van der Waals surface area contributed by atoms with Gasteiger partial charge >= 0.3 is 0 Å². The highest BCUT2D eigenvalue weighted by atomic mass is 32.2. The van der Waals surface area contributed by atoms with Crippen LogP contribution in [0.5, 0.6) is 0 Å². The lowest BCUT2D eigenvalue weighted by Gasteiger charge is -2.30. The average Bonchev–Trinajstić information content (AvgIpc) is 2.39. The van der Waals surface area contributed by atoms with E-state index in [0.717, 1.165) is 0 Å². The van der Waals surface area contributed by atoms with E-state index >= 15 is 0 Å². The van der Waals surface area contributed by atoms with Gasteiger partial charge in [-0.3, -0.25) is 4.79 Å². The molecule has 0 aromatic heterocycles. The number of hydrogen-bond acceptors (Lipinski definition) is 4. The first-order chi connectivity index (χ1) is 8.91. The van der Waals surface area contributed by atoms with Gasteiger partial charge in [0.05, 0.1) is 17.6 Å². The third-order valence-corrected chi connectivity index (χ3v) is 4.98. The first-order valence-corrected chi connectivity index (χ1v) is 7.58. The van der Waals surface area contributed by atoms with Gasteiger partial charge in [-0.1, -0.05) is 12.1 Å². The van der Waals surface area contributed by atoms with Crippen molar-refractivity contribution in [3.63, 3.8) is 0 Å². The quantitative estimate of drug-likeness (QED) is 0.784. The number of Topliss-reactive ketones (excluding diaryl/α,β-unsaturated/α-hetero) is 1. The molecule has 0 saturated carbocycles. The van der Waals surface area contributed by atoms with Crippen LogP contribution in [0.15, 0.2) is 29.2 Å². The van der Waals surface area contributed by atoms with Crippen molar-refractivity contribution in [2.45, 2.75) is 24.8 Å². The van der Waals surface area contributed by atoms with E-state index in [-0.39, 0.29) is 16.8 Å². The summed E-state index contributed by atoms with van der Waals surface area (Å²) in [7, 11) is -3.50. The molecule has 0 spiro atoms. The Morgan fingerprint density at radius 1 is 1.32 bits per heavy atom. The van der Waals surface area contributed by atoms with Crippen LogP contribution < -0.4 is 0 Å². The molecule has 1 aliphatic rings. The van der Waals surface area contributed by atoms with Crippen molar-refractivity contribution in [2.75, 3.05) is 19.7 Å². The number of morpholine rings is 1. The van der Waals surface area contributed by atoms with E-state index in [2.05, 4.69) is 0 Å². The summed E-state index contributed by atoms with van der Waals surface area (Å²) >= 11 is 0. The van der Waals surface area contributed by atoms with Crippen LogP contribution in [0.4, 0.5) is 0 Å². The monoisotopic (exact) mass is 283 g/mol. The van der Waals surface area contributed by atoms with Crippen LogP contribution in [-0.2, 0) is 14.8 Å². The molecule has 19 heavy (non-hydrogen) atoms. The number of hydrogen-bond donors (Lipinski definition) is 0. The Labute approximate surface area is 113 Å². The van der Waals surface area contributed by atoms with Gasteiger partial charge in [0, 0.05) is 18.7 Å². The van der Waals surface area contributed by atoms with E-state index in [1.54, 1.807) is 12.1 Å². The maximum Gasteiger partial charge on any atom is 0.243 e. The molecule has 1 saturated heterocycles. The third-order valence-electron chi connectivity index (χ3n) is 3.10. The molecular formula is C13H17NO4S. The van der Waals surface area contributed by atoms with Crippen molar-refractivity contribution in [1.29, 1.82) is 0 Å². The molecule has 5 nitrogen and oxygen atoms in total. The van der Waals surface area contributed by atoms with Crippen LogP contribution in [0.3, 0.4) is 0 Å². The Bertz CT molecular complexity index is 565. The van der Waals surface area contributed by atoms with Gasteiger partial charge in [-0.2, -0.15) is 4.31 Å². The van der Waals surface area contributed by atoms with Gasteiger partial charge in [-0.25, -0.2) is 8.42 Å². The molecule has 1 aliphatic heterocycles. The minimum atomic E-state index is -3.50. The molecule has 0 bridgehead atoms. The highest BCUT2D eigenvalue weighted by molar-refractivity contribution is 7.89. The average molecular weight is 283 g/mol. The molecule has 0 N–H and O–H groups in total. The number of benzene rings is 1. The van der Waals surface area contributed by atoms with Gasteiger partial charge < -0.3 is 4.74 Å². The zero-order valence-corrected chi connectivity index (χ0v) is 11.8. The number of ketones is 1. The molecule has 104 valence electrons.